The van der Waals surface area contributed by atoms with E-state index in [4.69, 9.17) is 4.74 Å². The summed E-state index contributed by atoms with van der Waals surface area (Å²) < 4.78 is 29.3. The van der Waals surface area contributed by atoms with Crippen LogP contribution in [-0.2, 0) is 6.42 Å². The molecule has 0 saturated heterocycles. The highest BCUT2D eigenvalue weighted by Gasteiger charge is 2.24. The van der Waals surface area contributed by atoms with Gasteiger partial charge in [0, 0.05) is 23.5 Å². The molecule has 0 radical (unpaired) electrons. The van der Waals surface area contributed by atoms with E-state index < -0.39 is 13.0 Å². The first kappa shape index (κ1) is 17.2. The molecule has 6 nitrogen and oxygen atoms in total. The Morgan fingerprint density at radius 1 is 1.40 bits per heavy atom. The highest BCUT2D eigenvalue weighted by molar-refractivity contribution is 5.92. The predicted octanol–water partition coefficient (Wildman–Crippen LogP) is 2.63. The first-order valence-electron chi connectivity index (χ1n) is 8.04. The maximum atomic E-state index is 12.5. The lowest BCUT2D eigenvalue weighted by Gasteiger charge is -2.25. The summed E-state index contributed by atoms with van der Waals surface area (Å²) in [5, 5.41) is 2.92. The monoisotopic (exact) mass is 348 g/mol. The zero-order valence-electron chi connectivity index (χ0n) is 13.7. The van der Waals surface area contributed by atoms with Crippen LogP contribution >= 0.6 is 0 Å². The van der Waals surface area contributed by atoms with E-state index in [0.29, 0.717) is 5.82 Å². The van der Waals surface area contributed by atoms with E-state index in [1.807, 2.05) is 6.92 Å². The van der Waals surface area contributed by atoms with Gasteiger partial charge in [-0.25, -0.2) is 23.7 Å². The molecule has 1 N–H and O–H groups in total. The van der Waals surface area contributed by atoms with E-state index in [1.54, 1.807) is 12.3 Å². The smallest absolute Gasteiger partial charge is 0.272 e. The minimum Gasteiger partial charge on any atom is -0.472 e. The molecule has 2 aromatic rings. The number of hydrogen-bond acceptors (Lipinski definition) is 5. The number of nitrogens with one attached hydrogen (secondary N) is 1. The van der Waals surface area contributed by atoms with Crippen molar-refractivity contribution in [3.63, 3.8) is 0 Å². The largest absolute Gasteiger partial charge is 0.472 e. The lowest BCUT2D eigenvalue weighted by Crippen LogP contribution is -2.32. The highest BCUT2D eigenvalue weighted by Crippen LogP contribution is 2.28. The van der Waals surface area contributed by atoms with Crippen molar-refractivity contribution in [3.05, 3.63) is 47.2 Å². The number of aryl methyl sites for hydroxylation is 2. The second-order valence-corrected chi connectivity index (χ2v) is 5.80. The lowest BCUT2D eigenvalue weighted by molar-refractivity contribution is 0.0792. The molecule has 1 atom stereocenters. The van der Waals surface area contributed by atoms with Crippen molar-refractivity contribution >= 4 is 5.91 Å². The van der Waals surface area contributed by atoms with E-state index in [-0.39, 0.29) is 23.5 Å². The SMILES string of the molecule is Cc1ncc2c(n1)CCCC2NC(=O)c1cccc(OCC(F)F)n1. The van der Waals surface area contributed by atoms with Crippen LogP contribution in [0.3, 0.4) is 0 Å². The molecule has 1 amide bonds. The van der Waals surface area contributed by atoms with Crippen LogP contribution in [0.2, 0.25) is 0 Å². The van der Waals surface area contributed by atoms with Gasteiger partial charge >= 0.3 is 0 Å². The molecule has 25 heavy (non-hydrogen) atoms. The first-order valence-corrected chi connectivity index (χ1v) is 8.04. The van der Waals surface area contributed by atoms with E-state index >= 15 is 0 Å². The first-order chi connectivity index (χ1) is 12.0. The molecule has 0 spiro atoms. The molecular weight excluding hydrogens is 330 g/mol. The third kappa shape index (κ3) is 4.26. The molecule has 8 heteroatoms. The standard InChI is InChI=1S/C17H18F2N4O2/c1-10-20-8-11-12(21-10)4-2-5-13(11)23-17(24)14-6-3-7-16(22-14)25-9-15(18)19/h3,6-8,13,15H,2,4-5,9H2,1H3,(H,23,24). The molecule has 132 valence electrons. The topological polar surface area (TPSA) is 77.0 Å². The van der Waals surface area contributed by atoms with Crippen LogP contribution in [0.15, 0.2) is 24.4 Å². The van der Waals surface area contributed by atoms with Gasteiger partial charge in [-0.05, 0) is 32.3 Å². The summed E-state index contributed by atoms with van der Waals surface area (Å²) in [5.74, 6) is 0.313. The van der Waals surface area contributed by atoms with Crippen molar-refractivity contribution in [2.45, 2.75) is 38.7 Å². The average molecular weight is 348 g/mol. The van der Waals surface area contributed by atoms with Gasteiger partial charge in [-0.15, -0.1) is 0 Å². The number of alkyl halides is 2. The second kappa shape index (κ2) is 7.50. The van der Waals surface area contributed by atoms with Gasteiger partial charge < -0.3 is 10.1 Å². The maximum absolute atomic E-state index is 12.5. The average Bonchev–Trinajstić information content (AvgIpc) is 2.60. The van der Waals surface area contributed by atoms with Crippen molar-refractivity contribution in [1.82, 2.24) is 20.3 Å². The number of carbonyl (C=O) groups is 1. The summed E-state index contributed by atoms with van der Waals surface area (Å²) >= 11 is 0. The molecule has 0 aliphatic heterocycles. The molecule has 2 heterocycles. The van der Waals surface area contributed by atoms with Crippen molar-refractivity contribution in [2.75, 3.05) is 6.61 Å². The van der Waals surface area contributed by atoms with Crippen LogP contribution in [0.5, 0.6) is 5.88 Å². The molecule has 1 aliphatic carbocycles. The summed E-state index contributed by atoms with van der Waals surface area (Å²) in [7, 11) is 0. The van der Waals surface area contributed by atoms with Gasteiger partial charge in [-0.1, -0.05) is 6.07 Å². The molecule has 0 fully saturated rings. The third-order valence-corrected chi connectivity index (χ3v) is 3.92. The number of ether oxygens (including phenoxy) is 1. The number of halogens is 2. The summed E-state index contributed by atoms with van der Waals surface area (Å²) in [4.78, 5) is 25.1. The number of aromatic nitrogens is 3. The number of carbonyl (C=O) groups excluding carboxylic acids is 1. The van der Waals surface area contributed by atoms with Crippen LogP contribution < -0.4 is 10.1 Å². The number of nitrogens with zero attached hydrogens (tertiary/aromatic N) is 3. The zero-order chi connectivity index (χ0) is 17.8. The van der Waals surface area contributed by atoms with Crippen LogP contribution in [0.4, 0.5) is 8.78 Å². The van der Waals surface area contributed by atoms with E-state index in [2.05, 4.69) is 20.3 Å². The number of fused-ring (bicyclic) bond motifs is 1. The minimum absolute atomic E-state index is 0.00375. The molecular formula is C17H18F2N4O2. The fraction of sp³-hybridized carbons (Fsp3) is 0.412. The number of pyridine rings is 1. The second-order valence-electron chi connectivity index (χ2n) is 5.80. The number of amides is 1. The summed E-state index contributed by atoms with van der Waals surface area (Å²) in [6, 6.07) is 4.31. The van der Waals surface area contributed by atoms with Crippen LogP contribution in [-0.4, -0.2) is 33.9 Å². The molecule has 0 saturated carbocycles. The lowest BCUT2D eigenvalue weighted by atomic mass is 9.92. The number of hydrogen-bond donors (Lipinski definition) is 1. The van der Waals surface area contributed by atoms with E-state index in [9.17, 15) is 13.6 Å². The Hall–Kier alpha value is -2.64. The van der Waals surface area contributed by atoms with Crippen LogP contribution in [0, 0.1) is 6.92 Å². The minimum atomic E-state index is -2.60. The van der Waals surface area contributed by atoms with Gasteiger partial charge in [-0.2, -0.15) is 0 Å². The van der Waals surface area contributed by atoms with Crippen molar-refractivity contribution < 1.29 is 18.3 Å². The van der Waals surface area contributed by atoms with Crippen molar-refractivity contribution in [2.24, 2.45) is 0 Å². The molecule has 0 bridgehead atoms. The fourth-order valence-electron chi connectivity index (χ4n) is 2.80. The van der Waals surface area contributed by atoms with Crippen LogP contribution in [0.25, 0.3) is 0 Å². The van der Waals surface area contributed by atoms with E-state index in [1.165, 1.54) is 12.1 Å². The third-order valence-electron chi connectivity index (χ3n) is 3.92. The highest BCUT2D eigenvalue weighted by atomic mass is 19.3. The summed E-state index contributed by atoms with van der Waals surface area (Å²) in [5.41, 5.74) is 1.98. The van der Waals surface area contributed by atoms with Gasteiger partial charge in [0.25, 0.3) is 12.3 Å². The molecule has 1 unspecified atom stereocenters. The van der Waals surface area contributed by atoms with Gasteiger partial charge in [0.2, 0.25) is 5.88 Å². The Labute approximate surface area is 143 Å². The van der Waals surface area contributed by atoms with E-state index in [0.717, 1.165) is 30.5 Å². The predicted molar refractivity (Wildman–Crippen MR) is 85.7 cm³/mol. The van der Waals surface area contributed by atoms with Crippen molar-refractivity contribution in [3.8, 4) is 5.88 Å². The van der Waals surface area contributed by atoms with Crippen LogP contribution in [0.1, 0.15) is 46.5 Å². The summed E-state index contributed by atoms with van der Waals surface area (Å²) in [6.07, 6.45) is 1.71. The van der Waals surface area contributed by atoms with Gasteiger partial charge in [0.1, 0.15) is 11.5 Å². The number of rotatable bonds is 5. The molecule has 3 rings (SSSR count). The Kier molecular flexibility index (Phi) is 5.16. The van der Waals surface area contributed by atoms with Gasteiger partial charge in [-0.3, -0.25) is 4.79 Å². The molecule has 1 aliphatic rings. The van der Waals surface area contributed by atoms with Crippen molar-refractivity contribution in [1.29, 1.82) is 0 Å². The quantitative estimate of drug-likeness (QED) is 0.899. The summed E-state index contributed by atoms with van der Waals surface area (Å²) in [6.45, 7) is 1.07. The normalized spacial score (nSPS) is 16.4. The molecule has 2 aromatic heterocycles. The Morgan fingerprint density at radius 3 is 3.04 bits per heavy atom. The van der Waals surface area contributed by atoms with Gasteiger partial charge in [0.05, 0.1) is 6.04 Å². The molecule has 0 aromatic carbocycles. The Balaban J connectivity index is 1.72. The maximum Gasteiger partial charge on any atom is 0.272 e. The Morgan fingerprint density at radius 2 is 2.24 bits per heavy atom. The fourth-order valence-corrected chi connectivity index (χ4v) is 2.80. The van der Waals surface area contributed by atoms with Gasteiger partial charge in [0.15, 0.2) is 6.61 Å². The zero-order valence-corrected chi connectivity index (χ0v) is 13.7. The Bertz CT molecular complexity index is 770.